The molecule has 0 aliphatic carbocycles. The number of fused-ring (bicyclic) bond motifs is 1. The molecule has 1 aromatic heterocycles. The van der Waals surface area contributed by atoms with Crippen LogP contribution in [0.2, 0.25) is 0 Å². The molecule has 5 heteroatoms. The van der Waals surface area contributed by atoms with Gasteiger partial charge in [-0.05, 0) is 36.8 Å². The van der Waals surface area contributed by atoms with Crippen molar-refractivity contribution >= 4 is 32.7 Å². The fourth-order valence-electron chi connectivity index (χ4n) is 2.19. The number of hydrogen-bond acceptors (Lipinski definition) is 2. The van der Waals surface area contributed by atoms with Gasteiger partial charge < -0.3 is 5.32 Å². The van der Waals surface area contributed by atoms with Gasteiger partial charge in [-0.3, -0.25) is 9.89 Å². The van der Waals surface area contributed by atoms with Crippen molar-refractivity contribution in [3.63, 3.8) is 0 Å². The molecule has 0 bridgehead atoms. The lowest BCUT2D eigenvalue weighted by molar-refractivity contribution is 0.0940. The molecule has 0 radical (unpaired) electrons. The summed E-state index contributed by atoms with van der Waals surface area (Å²) in [7, 11) is 0. The molecule has 0 saturated carbocycles. The third-order valence-electron chi connectivity index (χ3n) is 3.42. The third kappa shape index (κ3) is 2.97. The molecule has 1 amide bonds. The van der Waals surface area contributed by atoms with Crippen molar-refractivity contribution in [3.05, 3.63) is 64.3 Å². The van der Waals surface area contributed by atoms with Gasteiger partial charge in [-0.1, -0.05) is 34.1 Å². The van der Waals surface area contributed by atoms with Crippen molar-refractivity contribution in [1.82, 2.24) is 15.5 Å². The summed E-state index contributed by atoms with van der Waals surface area (Å²) in [5, 5.41) is 10.8. The number of halogens is 1. The number of aromatic nitrogens is 2. The van der Waals surface area contributed by atoms with Crippen LogP contribution in [0.3, 0.4) is 0 Å². The SMILES string of the molecule is C[C@H](NC(=O)c1ccc2cn[nH]c2c1)c1ccc(Br)cc1. The Hall–Kier alpha value is -2.14. The van der Waals surface area contributed by atoms with Crippen LogP contribution in [0.1, 0.15) is 28.9 Å². The van der Waals surface area contributed by atoms with E-state index in [1.165, 1.54) is 0 Å². The Labute approximate surface area is 130 Å². The fourth-order valence-corrected chi connectivity index (χ4v) is 2.46. The zero-order valence-electron chi connectivity index (χ0n) is 11.4. The van der Waals surface area contributed by atoms with E-state index in [4.69, 9.17) is 0 Å². The summed E-state index contributed by atoms with van der Waals surface area (Å²) in [6, 6.07) is 13.4. The van der Waals surface area contributed by atoms with Gasteiger partial charge in [0.1, 0.15) is 0 Å². The van der Waals surface area contributed by atoms with Gasteiger partial charge in [-0.2, -0.15) is 5.10 Å². The van der Waals surface area contributed by atoms with Crippen LogP contribution in [0, 0.1) is 0 Å². The van der Waals surface area contributed by atoms with Gasteiger partial charge >= 0.3 is 0 Å². The van der Waals surface area contributed by atoms with Gasteiger partial charge in [0.25, 0.3) is 5.91 Å². The normalized spacial score (nSPS) is 12.3. The van der Waals surface area contributed by atoms with Crippen LogP contribution in [0.5, 0.6) is 0 Å². The number of carbonyl (C=O) groups excluding carboxylic acids is 1. The minimum Gasteiger partial charge on any atom is -0.346 e. The highest BCUT2D eigenvalue weighted by Gasteiger charge is 2.12. The minimum absolute atomic E-state index is 0.0527. The first-order valence-electron chi connectivity index (χ1n) is 6.63. The summed E-state index contributed by atoms with van der Waals surface area (Å²) in [5.74, 6) is -0.0954. The summed E-state index contributed by atoms with van der Waals surface area (Å²) < 4.78 is 1.02. The maximum atomic E-state index is 12.3. The van der Waals surface area contributed by atoms with Crippen LogP contribution in [-0.2, 0) is 0 Å². The number of benzene rings is 2. The van der Waals surface area contributed by atoms with Crippen LogP contribution in [-0.4, -0.2) is 16.1 Å². The standard InChI is InChI=1S/C16H14BrN3O/c1-10(11-4-6-14(17)7-5-11)19-16(21)12-2-3-13-9-18-20-15(13)8-12/h2-10H,1H3,(H,18,20)(H,19,21)/t10-/m0/s1. The molecule has 0 spiro atoms. The highest BCUT2D eigenvalue weighted by molar-refractivity contribution is 9.10. The molecule has 4 nitrogen and oxygen atoms in total. The van der Waals surface area contributed by atoms with E-state index in [0.29, 0.717) is 5.56 Å². The van der Waals surface area contributed by atoms with E-state index in [-0.39, 0.29) is 11.9 Å². The van der Waals surface area contributed by atoms with Gasteiger partial charge in [-0.15, -0.1) is 0 Å². The first-order valence-corrected chi connectivity index (χ1v) is 7.42. The van der Waals surface area contributed by atoms with E-state index in [1.807, 2.05) is 49.4 Å². The number of nitrogens with one attached hydrogen (secondary N) is 2. The summed E-state index contributed by atoms with van der Waals surface area (Å²) in [4.78, 5) is 12.3. The van der Waals surface area contributed by atoms with Crippen LogP contribution in [0.15, 0.2) is 53.1 Å². The van der Waals surface area contributed by atoms with E-state index < -0.39 is 0 Å². The third-order valence-corrected chi connectivity index (χ3v) is 3.95. The number of nitrogens with zero attached hydrogens (tertiary/aromatic N) is 1. The second-order valence-electron chi connectivity index (χ2n) is 4.92. The molecular weight excluding hydrogens is 330 g/mol. The average molecular weight is 344 g/mol. The molecule has 106 valence electrons. The molecule has 21 heavy (non-hydrogen) atoms. The number of H-pyrrole nitrogens is 1. The molecule has 0 fully saturated rings. The van der Waals surface area contributed by atoms with Crippen molar-refractivity contribution in [2.45, 2.75) is 13.0 Å². The predicted octanol–water partition coefficient (Wildman–Crippen LogP) is 3.82. The first-order chi connectivity index (χ1) is 10.1. The summed E-state index contributed by atoms with van der Waals surface area (Å²) in [6.45, 7) is 1.97. The predicted molar refractivity (Wildman–Crippen MR) is 86.1 cm³/mol. The van der Waals surface area contributed by atoms with Gasteiger partial charge in [0, 0.05) is 15.4 Å². The Balaban J connectivity index is 1.77. The second kappa shape index (κ2) is 5.69. The van der Waals surface area contributed by atoms with E-state index in [0.717, 1.165) is 20.9 Å². The molecule has 2 N–H and O–H groups in total. The van der Waals surface area contributed by atoms with E-state index in [9.17, 15) is 4.79 Å². The van der Waals surface area contributed by atoms with Crippen molar-refractivity contribution in [2.75, 3.05) is 0 Å². The zero-order valence-corrected chi connectivity index (χ0v) is 13.0. The number of amides is 1. The zero-order chi connectivity index (χ0) is 14.8. The molecule has 0 saturated heterocycles. The summed E-state index contributed by atoms with van der Waals surface area (Å²) >= 11 is 3.40. The maximum absolute atomic E-state index is 12.3. The molecule has 0 aliphatic heterocycles. The largest absolute Gasteiger partial charge is 0.346 e. The van der Waals surface area contributed by atoms with E-state index in [1.54, 1.807) is 6.20 Å². The Kier molecular flexibility index (Phi) is 3.75. The molecule has 3 rings (SSSR count). The van der Waals surface area contributed by atoms with Crippen LogP contribution >= 0.6 is 15.9 Å². The van der Waals surface area contributed by atoms with Crippen molar-refractivity contribution in [2.24, 2.45) is 0 Å². The maximum Gasteiger partial charge on any atom is 0.251 e. The highest BCUT2D eigenvalue weighted by Crippen LogP contribution is 2.18. The van der Waals surface area contributed by atoms with Crippen molar-refractivity contribution < 1.29 is 4.79 Å². The Morgan fingerprint density at radius 3 is 2.76 bits per heavy atom. The van der Waals surface area contributed by atoms with E-state index >= 15 is 0 Å². The van der Waals surface area contributed by atoms with Gasteiger partial charge in [0.05, 0.1) is 17.8 Å². The number of carbonyl (C=O) groups is 1. The molecule has 0 unspecified atom stereocenters. The monoisotopic (exact) mass is 343 g/mol. The molecule has 1 atom stereocenters. The van der Waals surface area contributed by atoms with E-state index in [2.05, 4.69) is 31.4 Å². The molecular formula is C16H14BrN3O. The van der Waals surface area contributed by atoms with Crippen LogP contribution in [0.4, 0.5) is 0 Å². The lowest BCUT2D eigenvalue weighted by Gasteiger charge is -2.14. The van der Waals surface area contributed by atoms with Gasteiger partial charge in [0.15, 0.2) is 0 Å². The van der Waals surface area contributed by atoms with Gasteiger partial charge in [-0.25, -0.2) is 0 Å². The Morgan fingerprint density at radius 2 is 2.00 bits per heavy atom. The lowest BCUT2D eigenvalue weighted by Crippen LogP contribution is -2.26. The number of hydrogen-bond donors (Lipinski definition) is 2. The molecule has 1 heterocycles. The summed E-state index contributed by atoms with van der Waals surface area (Å²) in [6.07, 6.45) is 1.74. The Bertz CT molecular complexity index is 780. The topological polar surface area (TPSA) is 57.8 Å². The molecule has 0 aliphatic rings. The minimum atomic E-state index is -0.0954. The molecule has 2 aromatic carbocycles. The summed E-state index contributed by atoms with van der Waals surface area (Å²) in [5.41, 5.74) is 2.55. The van der Waals surface area contributed by atoms with Crippen LogP contribution < -0.4 is 5.32 Å². The van der Waals surface area contributed by atoms with Crippen molar-refractivity contribution in [1.29, 1.82) is 0 Å². The van der Waals surface area contributed by atoms with Crippen molar-refractivity contribution in [3.8, 4) is 0 Å². The fraction of sp³-hybridized carbons (Fsp3) is 0.125. The molecule has 3 aromatic rings. The average Bonchev–Trinajstić information content (AvgIpc) is 2.95. The quantitative estimate of drug-likeness (QED) is 0.759. The highest BCUT2D eigenvalue weighted by atomic mass is 79.9. The van der Waals surface area contributed by atoms with Crippen LogP contribution in [0.25, 0.3) is 10.9 Å². The number of rotatable bonds is 3. The Morgan fingerprint density at radius 1 is 1.24 bits per heavy atom. The van der Waals surface area contributed by atoms with Gasteiger partial charge in [0.2, 0.25) is 0 Å². The lowest BCUT2D eigenvalue weighted by atomic mass is 10.1. The number of aromatic amines is 1. The second-order valence-corrected chi connectivity index (χ2v) is 5.83. The first kappa shape index (κ1) is 13.8. The smallest absolute Gasteiger partial charge is 0.251 e.